The molecule has 52 heavy (non-hydrogen) atoms. The number of phenols is 1. The number of aliphatic hydroxyl groups is 2. The summed E-state index contributed by atoms with van der Waals surface area (Å²) in [6.07, 6.45) is 7.90. The number of rotatable bonds is 16. The van der Waals surface area contributed by atoms with Gasteiger partial charge >= 0.3 is 0 Å². The largest absolute Gasteiger partial charge is 0.508 e. The third-order valence-electron chi connectivity index (χ3n) is 12.2. The van der Waals surface area contributed by atoms with Crippen LogP contribution in [0.15, 0.2) is 66.7 Å². The number of fused-ring (bicyclic) bond motifs is 4. The molecule has 2 bridgehead atoms. The van der Waals surface area contributed by atoms with Crippen molar-refractivity contribution >= 4 is 11.6 Å². The molecule has 3 aromatic rings. The number of aromatic hydroxyl groups is 1. The van der Waals surface area contributed by atoms with E-state index in [1.807, 2.05) is 30.3 Å². The van der Waals surface area contributed by atoms with E-state index in [4.69, 9.17) is 14.2 Å². The Hall–Kier alpha value is -3.67. The van der Waals surface area contributed by atoms with Crippen LogP contribution in [0.3, 0.4) is 0 Å². The minimum absolute atomic E-state index is 0.00676. The Morgan fingerprint density at radius 1 is 1.04 bits per heavy atom. The summed E-state index contributed by atoms with van der Waals surface area (Å²) in [4.78, 5) is 11.7. The van der Waals surface area contributed by atoms with E-state index in [2.05, 4.69) is 41.8 Å². The Labute approximate surface area is 307 Å². The molecule has 4 heterocycles. The number of hydrogen-bond acceptors (Lipinski definition) is 8. The molecule has 10 heteroatoms. The standard InChI is InChI=1S/C42H55N3O7/c1-2-36(43-25-38(47)35-23-33(46)24-37-41(35)51-27-40(48)44-37)29-13-15-34(16-14-29)50-22-8-19-45-20-17-30(18-21-45)39(26-45)52-28-42(49,32-11-6-7-12-32)31-9-4-3-5-10-31/h3-5,9-10,13-16,23-24,30,32,36,38-39,43,47,49H,2,6-8,11-12,17-22,25-28H2,1H3,(H-,44,46,48)/p+1/t30?,36-,38-,39-,42+,45?/m0/s1. The number of amides is 1. The Balaban J connectivity index is 0.881. The van der Waals surface area contributed by atoms with Gasteiger partial charge in [0.2, 0.25) is 0 Å². The maximum atomic E-state index is 12.1. The Kier molecular flexibility index (Phi) is 11.4. The summed E-state index contributed by atoms with van der Waals surface area (Å²) in [6, 6.07) is 21.3. The zero-order valence-corrected chi connectivity index (χ0v) is 30.5. The first-order valence-electron chi connectivity index (χ1n) is 19.4. The van der Waals surface area contributed by atoms with Crippen LogP contribution in [-0.4, -0.2) is 84.4 Å². The van der Waals surface area contributed by atoms with Crippen molar-refractivity contribution in [2.24, 2.45) is 11.8 Å². The lowest BCUT2D eigenvalue weighted by molar-refractivity contribution is -0.946. The van der Waals surface area contributed by atoms with Crippen LogP contribution >= 0.6 is 0 Å². The Morgan fingerprint density at radius 2 is 1.79 bits per heavy atom. The molecule has 3 saturated heterocycles. The Bertz CT molecular complexity index is 1640. The summed E-state index contributed by atoms with van der Waals surface area (Å²) in [5, 5.41) is 39.3. The van der Waals surface area contributed by atoms with Gasteiger partial charge in [0.15, 0.2) is 6.61 Å². The van der Waals surface area contributed by atoms with Crippen LogP contribution in [0.2, 0.25) is 0 Å². The van der Waals surface area contributed by atoms with Gasteiger partial charge in [0, 0.05) is 49.4 Å². The van der Waals surface area contributed by atoms with Gasteiger partial charge in [-0.25, -0.2) is 0 Å². The predicted octanol–water partition coefficient (Wildman–Crippen LogP) is 5.97. The fourth-order valence-corrected chi connectivity index (χ4v) is 9.23. The third-order valence-corrected chi connectivity index (χ3v) is 12.2. The molecule has 1 aliphatic carbocycles. The first kappa shape index (κ1) is 36.7. The molecular weight excluding hydrogens is 658 g/mol. The molecule has 5 aliphatic rings. The van der Waals surface area contributed by atoms with E-state index in [0.29, 0.717) is 36.1 Å². The molecule has 0 radical (unpaired) electrons. The normalized spacial score (nSPS) is 25.1. The van der Waals surface area contributed by atoms with Gasteiger partial charge in [-0.3, -0.25) is 4.79 Å². The molecule has 0 aromatic heterocycles. The van der Waals surface area contributed by atoms with E-state index in [1.54, 1.807) is 0 Å². The Morgan fingerprint density at radius 3 is 2.52 bits per heavy atom. The molecule has 4 aliphatic heterocycles. The molecule has 8 rings (SSSR count). The van der Waals surface area contributed by atoms with Gasteiger partial charge in [-0.1, -0.05) is 62.2 Å². The van der Waals surface area contributed by atoms with E-state index >= 15 is 0 Å². The summed E-state index contributed by atoms with van der Waals surface area (Å²) < 4.78 is 19.6. The molecule has 1 saturated carbocycles. The van der Waals surface area contributed by atoms with Crippen LogP contribution in [-0.2, 0) is 15.1 Å². The number of nitrogens with one attached hydrogen (secondary N) is 2. The van der Waals surface area contributed by atoms with Crippen LogP contribution in [0, 0.1) is 11.8 Å². The van der Waals surface area contributed by atoms with Gasteiger partial charge in [-0.2, -0.15) is 0 Å². The zero-order valence-electron chi connectivity index (χ0n) is 30.5. The quantitative estimate of drug-likeness (QED) is 0.0908. The van der Waals surface area contributed by atoms with Crippen molar-refractivity contribution < 1.29 is 38.8 Å². The fourth-order valence-electron chi connectivity index (χ4n) is 9.23. The smallest absolute Gasteiger partial charge is 0.262 e. The first-order chi connectivity index (χ1) is 25.2. The molecule has 0 spiro atoms. The van der Waals surface area contributed by atoms with Crippen molar-refractivity contribution in [1.82, 2.24) is 5.32 Å². The maximum Gasteiger partial charge on any atom is 0.262 e. The second-order valence-electron chi connectivity index (χ2n) is 15.6. The van der Waals surface area contributed by atoms with Crippen LogP contribution in [0.25, 0.3) is 0 Å². The van der Waals surface area contributed by atoms with E-state index in [1.165, 1.54) is 50.9 Å². The predicted molar refractivity (Wildman–Crippen MR) is 199 cm³/mol. The van der Waals surface area contributed by atoms with Gasteiger partial charge in [0.25, 0.3) is 5.91 Å². The third kappa shape index (κ3) is 8.11. The molecule has 4 atom stereocenters. The molecular formula is C42H56N3O7+. The lowest BCUT2D eigenvalue weighted by Gasteiger charge is -2.53. The number of anilines is 1. The fraction of sp³-hybridized carbons (Fsp3) is 0.548. The number of nitrogens with zero attached hydrogens (tertiary/aromatic N) is 1. The number of quaternary nitrogens is 1. The number of carbonyl (C=O) groups excluding carboxylic acids is 1. The highest BCUT2D eigenvalue weighted by molar-refractivity contribution is 5.96. The van der Waals surface area contributed by atoms with Gasteiger partial charge < -0.3 is 44.6 Å². The van der Waals surface area contributed by atoms with Crippen molar-refractivity contribution in [3.63, 3.8) is 0 Å². The number of benzene rings is 3. The highest BCUT2D eigenvalue weighted by atomic mass is 16.5. The van der Waals surface area contributed by atoms with E-state index < -0.39 is 11.7 Å². The zero-order chi connectivity index (χ0) is 36.1. The lowest BCUT2D eigenvalue weighted by atomic mass is 9.80. The monoisotopic (exact) mass is 714 g/mol. The molecule has 5 N–H and O–H groups in total. The van der Waals surface area contributed by atoms with Crippen LogP contribution in [0.5, 0.6) is 17.2 Å². The van der Waals surface area contributed by atoms with E-state index in [0.717, 1.165) is 60.1 Å². The SMILES string of the molecule is CC[C@H](NC[C@H](O)c1cc(O)cc2c1OCC(=O)N2)c1ccc(OCCC[N+]23CCC(CC2)[C@@H](OC[C@@](O)(c2ccccc2)C2CCCC2)C3)cc1. The number of hydrogen-bond donors (Lipinski definition) is 5. The molecule has 3 aromatic carbocycles. The van der Waals surface area contributed by atoms with Crippen molar-refractivity contribution in [2.45, 2.75) is 82.1 Å². The van der Waals surface area contributed by atoms with Crippen molar-refractivity contribution in [1.29, 1.82) is 0 Å². The minimum atomic E-state index is -0.944. The molecule has 10 nitrogen and oxygen atoms in total. The summed E-state index contributed by atoms with van der Waals surface area (Å²) in [7, 11) is 0. The number of piperidine rings is 3. The van der Waals surface area contributed by atoms with E-state index in [9.17, 15) is 20.1 Å². The minimum Gasteiger partial charge on any atom is -0.508 e. The molecule has 0 unspecified atom stereocenters. The van der Waals surface area contributed by atoms with Crippen LogP contribution in [0.4, 0.5) is 5.69 Å². The average Bonchev–Trinajstić information content (AvgIpc) is 3.73. The summed E-state index contributed by atoms with van der Waals surface area (Å²) in [5.74, 6) is 1.72. The number of aliphatic hydroxyl groups excluding tert-OH is 1. The van der Waals surface area contributed by atoms with Crippen LogP contribution in [0.1, 0.15) is 87.1 Å². The number of phenolic OH excluding ortho intramolecular Hbond substituents is 1. The van der Waals surface area contributed by atoms with Crippen LogP contribution < -0.4 is 20.1 Å². The van der Waals surface area contributed by atoms with Crippen molar-refractivity contribution in [3.8, 4) is 17.2 Å². The van der Waals surface area contributed by atoms with Crippen molar-refractivity contribution in [2.75, 3.05) is 57.9 Å². The number of carbonyl (C=O) groups is 1. The highest BCUT2D eigenvalue weighted by Gasteiger charge is 2.48. The lowest BCUT2D eigenvalue weighted by Crippen LogP contribution is -2.65. The van der Waals surface area contributed by atoms with Gasteiger partial charge in [-0.15, -0.1) is 0 Å². The molecule has 4 fully saturated rings. The topological polar surface area (TPSA) is 130 Å². The summed E-state index contributed by atoms with van der Waals surface area (Å²) >= 11 is 0. The molecule has 280 valence electrons. The second kappa shape index (κ2) is 16.1. The maximum absolute atomic E-state index is 12.1. The second-order valence-corrected chi connectivity index (χ2v) is 15.6. The van der Waals surface area contributed by atoms with Gasteiger partial charge in [0.05, 0.1) is 44.6 Å². The van der Waals surface area contributed by atoms with Crippen molar-refractivity contribution in [3.05, 3.63) is 83.4 Å². The highest BCUT2D eigenvalue weighted by Crippen LogP contribution is 2.43. The van der Waals surface area contributed by atoms with E-state index in [-0.39, 0.29) is 42.9 Å². The van der Waals surface area contributed by atoms with Gasteiger partial charge in [-0.05, 0) is 54.5 Å². The van der Waals surface area contributed by atoms with Gasteiger partial charge in [0.1, 0.15) is 35.5 Å². The number of ether oxygens (including phenoxy) is 3. The molecule has 1 amide bonds. The average molecular weight is 715 g/mol. The summed E-state index contributed by atoms with van der Waals surface area (Å²) in [6.45, 7) is 7.72. The summed E-state index contributed by atoms with van der Waals surface area (Å²) in [5.41, 5.74) is 1.96. The first-order valence-corrected chi connectivity index (χ1v) is 19.4.